The summed E-state index contributed by atoms with van der Waals surface area (Å²) < 4.78 is 16.5. The fraction of sp³-hybridized carbons (Fsp3) is 0.542. The average molecular weight is 466 g/mol. The van der Waals surface area contributed by atoms with E-state index in [1.807, 2.05) is 28.9 Å². The van der Waals surface area contributed by atoms with E-state index in [0.29, 0.717) is 12.0 Å². The van der Waals surface area contributed by atoms with Gasteiger partial charge in [0.1, 0.15) is 0 Å². The van der Waals surface area contributed by atoms with Gasteiger partial charge in [-0.3, -0.25) is 4.90 Å². The number of rotatable bonds is 6. The monoisotopic (exact) mass is 465 g/mol. The molecule has 1 saturated heterocycles. The Morgan fingerprint density at radius 3 is 2.53 bits per heavy atom. The first kappa shape index (κ1) is 22.6. The fourth-order valence-electron chi connectivity index (χ4n) is 5.01. The highest BCUT2D eigenvalue weighted by atomic mass is 19.1. The summed E-state index contributed by atoms with van der Waals surface area (Å²) in [5.41, 5.74) is 1.65. The van der Waals surface area contributed by atoms with Gasteiger partial charge in [0.2, 0.25) is 5.95 Å². The Bertz CT molecular complexity index is 1170. The van der Waals surface area contributed by atoms with E-state index in [0.717, 1.165) is 42.8 Å². The van der Waals surface area contributed by atoms with E-state index < -0.39 is 5.82 Å². The molecule has 2 aliphatic rings. The summed E-state index contributed by atoms with van der Waals surface area (Å²) in [7, 11) is 2.15. The Kier molecular flexibility index (Phi) is 5.50. The Labute approximate surface area is 199 Å². The molecule has 1 saturated carbocycles. The molecule has 0 unspecified atom stereocenters. The third kappa shape index (κ3) is 4.46. The van der Waals surface area contributed by atoms with Gasteiger partial charge in [0.05, 0.1) is 12.2 Å². The number of anilines is 3. The number of tetrazole rings is 1. The number of hydrogen-bond acceptors (Lipinski definition) is 8. The predicted octanol–water partition coefficient (Wildman–Crippen LogP) is 4.41. The zero-order valence-corrected chi connectivity index (χ0v) is 20.4. The molecule has 0 radical (unpaired) electrons. The first-order valence-corrected chi connectivity index (χ1v) is 11.8. The summed E-state index contributed by atoms with van der Waals surface area (Å²) in [6, 6.07) is 8.24. The van der Waals surface area contributed by atoms with Gasteiger partial charge in [0, 0.05) is 28.4 Å². The summed E-state index contributed by atoms with van der Waals surface area (Å²) in [6.07, 6.45) is 5.18. The van der Waals surface area contributed by atoms with Gasteiger partial charge >= 0.3 is 0 Å². The van der Waals surface area contributed by atoms with Crippen LogP contribution in [0.3, 0.4) is 0 Å². The van der Waals surface area contributed by atoms with Gasteiger partial charge in [0.15, 0.2) is 17.5 Å². The molecule has 0 amide bonds. The molecule has 3 heterocycles. The smallest absolute Gasteiger partial charge is 0.229 e. The summed E-state index contributed by atoms with van der Waals surface area (Å²) in [6.45, 7) is 8.88. The molecule has 9 nitrogen and oxygen atoms in total. The van der Waals surface area contributed by atoms with Crippen LogP contribution in [-0.2, 0) is 0 Å². The second kappa shape index (κ2) is 8.26. The van der Waals surface area contributed by atoms with E-state index in [-0.39, 0.29) is 22.9 Å². The van der Waals surface area contributed by atoms with Crippen LogP contribution >= 0.6 is 0 Å². The minimum absolute atomic E-state index is 0.0136. The summed E-state index contributed by atoms with van der Waals surface area (Å²) >= 11 is 0. The van der Waals surface area contributed by atoms with Crippen LogP contribution in [0.2, 0.25) is 0 Å². The molecule has 2 fully saturated rings. The Morgan fingerprint density at radius 1 is 1.09 bits per heavy atom. The molecule has 5 rings (SSSR count). The largest absolute Gasteiger partial charge is 0.365 e. The van der Waals surface area contributed by atoms with E-state index in [4.69, 9.17) is 0 Å². The van der Waals surface area contributed by atoms with E-state index in [1.165, 1.54) is 6.20 Å². The lowest BCUT2D eigenvalue weighted by Gasteiger charge is -2.53. The molecule has 0 spiro atoms. The van der Waals surface area contributed by atoms with Crippen molar-refractivity contribution in [2.75, 3.05) is 17.7 Å². The van der Waals surface area contributed by atoms with Crippen molar-refractivity contribution >= 4 is 17.5 Å². The fourth-order valence-corrected chi connectivity index (χ4v) is 5.01. The van der Waals surface area contributed by atoms with Crippen molar-refractivity contribution in [1.82, 2.24) is 35.1 Å². The first-order chi connectivity index (χ1) is 16.1. The van der Waals surface area contributed by atoms with Crippen molar-refractivity contribution in [2.24, 2.45) is 0 Å². The summed E-state index contributed by atoms with van der Waals surface area (Å²) in [5, 5.41) is 18.7. The zero-order valence-electron chi connectivity index (χ0n) is 20.4. The van der Waals surface area contributed by atoms with Crippen LogP contribution in [0, 0.1) is 5.82 Å². The van der Waals surface area contributed by atoms with Gasteiger partial charge in [-0.05, 0) is 83.0 Å². The molecule has 0 atom stereocenters. The third-order valence-corrected chi connectivity index (χ3v) is 7.16. The molecule has 1 aliphatic heterocycles. The SMILES string of the molecule is CN1C(C)(C)CC(Nc2nc(Nc3cccc(-c4nnnn4C4CC4)c3)ncc2F)CC1(C)C. The van der Waals surface area contributed by atoms with Crippen LogP contribution < -0.4 is 10.6 Å². The van der Waals surface area contributed by atoms with Gasteiger partial charge in [-0.2, -0.15) is 4.98 Å². The lowest BCUT2D eigenvalue weighted by molar-refractivity contribution is -0.00778. The molecule has 34 heavy (non-hydrogen) atoms. The van der Waals surface area contributed by atoms with Crippen molar-refractivity contribution in [3.63, 3.8) is 0 Å². The molecule has 3 aromatic rings. The van der Waals surface area contributed by atoms with Crippen LogP contribution in [0.15, 0.2) is 30.5 Å². The second-order valence-corrected chi connectivity index (χ2v) is 10.7. The molecule has 1 aromatic carbocycles. The third-order valence-electron chi connectivity index (χ3n) is 7.16. The minimum atomic E-state index is -0.461. The maximum Gasteiger partial charge on any atom is 0.229 e. The highest BCUT2D eigenvalue weighted by Crippen LogP contribution is 2.38. The van der Waals surface area contributed by atoms with Crippen molar-refractivity contribution in [3.05, 3.63) is 36.3 Å². The van der Waals surface area contributed by atoms with Crippen LogP contribution in [0.4, 0.5) is 21.8 Å². The van der Waals surface area contributed by atoms with Crippen LogP contribution in [0.5, 0.6) is 0 Å². The Morgan fingerprint density at radius 2 is 1.82 bits per heavy atom. The first-order valence-electron chi connectivity index (χ1n) is 11.8. The maximum atomic E-state index is 14.7. The van der Waals surface area contributed by atoms with E-state index in [9.17, 15) is 4.39 Å². The molecule has 180 valence electrons. The molecular weight excluding hydrogens is 433 g/mol. The zero-order chi connectivity index (χ0) is 24.1. The number of nitrogens with zero attached hydrogens (tertiary/aromatic N) is 7. The lowest BCUT2D eigenvalue weighted by atomic mass is 9.77. The number of piperidine rings is 1. The van der Waals surface area contributed by atoms with E-state index in [1.54, 1.807) is 0 Å². The number of likely N-dealkylation sites (tertiary alicyclic amines) is 1. The van der Waals surface area contributed by atoms with Crippen LogP contribution in [0.25, 0.3) is 11.4 Å². The van der Waals surface area contributed by atoms with E-state index >= 15 is 0 Å². The van der Waals surface area contributed by atoms with Gasteiger partial charge in [-0.1, -0.05) is 12.1 Å². The van der Waals surface area contributed by atoms with Gasteiger partial charge in [0.25, 0.3) is 0 Å². The van der Waals surface area contributed by atoms with Crippen LogP contribution in [0.1, 0.15) is 59.4 Å². The molecular formula is C24H32FN9. The topological polar surface area (TPSA) is 96.7 Å². The van der Waals surface area contributed by atoms with Crippen molar-refractivity contribution in [2.45, 2.75) is 76.5 Å². The number of hydrogen-bond donors (Lipinski definition) is 2. The average Bonchev–Trinajstić information content (AvgIpc) is 3.50. The predicted molar refractivity (Wildman–Crippen MR) is 129 cm³/mol. The highest BCUT2D eigenvalue weighted by molar-refractivity contribution is 5.65. The molecule has 0 bridgehead atoms. The van der Waals surface area contributed by atoms with Crippen molar-refractivity contribution in [3.8, 4) is 11.4 Å². The summed E-state index contributed by atoms with van der Waals surface area (Å²) in [5.74, 6) is 0.820. The summed E-state index contributed by atoms with van der Waals surface area (Å²) in [4.78, 5) is 11.0. The normalized spacial score (nSPS) is 20.3. The van der Waals surface area contributed by atoms with Gasteiger partial charge in [-0.25, -0.2) is 14.1 Å². The minimum Gasteiger partial charge on any atom is -0.365 e. The highest BCUT2D eigenvalue weighted by Gasteiger charge is 2.43. The molecule has 1 aliphatic carbocycles. The van der Waals surface area contributed by atoms with Gasteiger partial charge < -0.3 is 10.6 Å². The number of nitrogens with one attached hydrogen (secondary N) is 2. The van der Waals surface area contributed by atoms with Crippen molar-refractivity contribution < 1.29 is 4.39 Å². The Hall–Kier alpha value is -3.14. The molecule has 2 N–H and O–H groups in total. The number of benzene rings is 1. The van der Waals surface area contributed by atoms with Crippen LogP contribution in [-0.4, -0.2) is 59.2 Å². The lowest BCUT2D eigenvalue weighted by Crippen LogP contribution is -2.61. The second-order valence-electron chi connectivity index (χ2n) is 10.7. The number of aromatic nitrogens is 6. The quantitative estimate of drug-likeness (QED) is 0.553. The van der Waals surface area contributed by atoms with Gasteiger partial charge in [-0.15, -0.1) is 5.10 Å². The molecule has 10 heteroatoms. The Balaban J connectivity index is 1.34. The van der Waals surface area contributed by atoms with Crippen molar-refractivity contribution in [1.29, 1.82) is 0 Å². The van der Waals surface area contributed by atoms with E-state index in [2.05, 4.69) is 75.8 Å². The molecule has 2 aromatic heterocycles. The standard InChI is InChI=1S/C24H32FN9/c1-23(2)12-17(13-24(3,4)33(23)5)27-20-19(25)14-26-22(29-20)28-16-8-6-7-15(11-16)21-30-31-32-34(21)18-9-10-18/h6-8,11,14,17-18H,9-10,12-13H2,1-5H3,(H2,26,27,28,29). The number of halogens is 1. The maximum absolute atomic E-state index is 14.7.